The van der Waals surface area contributed by atoms with Crippen LogP contribution in [0.5, 0.6) is 5.75 Å². The van der Waals surface area contributed by atoms with Crippen LogP contribution in [-0.2, 0) is 17.6 Å². The molecule has 0 saturated heterocycles. The molecule has 166 valence electrons. The van der Waals surface area contributed by atoms with Gasteiger partial charge in [0.15, 0.2) is 0 Å². The third kappa shape index (κ3) is 7.68. The van der Waals surface area contributed by atoms with E-state index < -0.39 is 17.7 Å². The fourth-order valence-electron chi connectivity index (χ4n) is 3.26. The number of hydrogen-bond acceptors (Lipinski definition) is 2. The fourth-order valence-corrected chi connectivity index (χ4v) is 3.26. The van der Waals surface area contributed by atoms with Gasteiger partial charge in [0.25, 0.3) is 0 Å². The van der Waals surface area contributed by atoms with Crippen LogP contribution >= 0.6 is 0 Å². The zero-order chi connectivity index (χ0) is 23.1. The van der Waals surface area contributed by atoms with Crippen molar-refractivity contribution in [3.8, 4) is 28.7 Å². The van der Waals surface area contributed by atoms with Gasteiger partial charge in [0.1, 0.15) is 12.4 Å². The molecule has 0 amide bonds. The maximum atomic E-state index is 12.8. The molecule has 33 heavy (non-hydrogen) atoms. The molecule has 1 unspecified atom stereocenters. The summed E-state index contributed by atoms with van der Waals surface area (Å²) in [4.78, 5) is 11.0. The van der Waals surface area contributed by atoms with E-state index in [2.05, 4.69) is 11.8 Å². The minimum absolute atomic E-state index is 0. The Bertz CT molecular complexity index is 1130. The van der Waals surface area contributed by atoms with Crippen molar-refractivity contribution in [2.75, 3.05) is 0 Å². The number of rotatable bonds is 7. The summed E-state index contributed by atoms with van der Waals surface area (Å²) < 4.78 is 44.1. The summed E-state index contributed by atoms with van der Waals surface area (Å²) in [6, 6.07) is 19.6. The van der Waals surface area contributed by atoms with E-state index in [1.54, 1.807) is 31.2 Å². The van der Waals surface area contributed by atoms with Crippen molar-refractivity contribution < 1.29 is 58.8 Å². The number of carbonyl (C=O) groups is 1. The number of ether oxygens (including phenoxy) is 1. The molecule has 3 aromatic carbocycles. The van der Waals surface area contributed by atoms with Crippen molar-refractivity contribution >= 4 is 5.97 Å². The molecule has 0 aliphatic heterocycles. The predicted molar refractivity (Wildman–Crippen MR) is 117 cm³/mol. The molecular formula is C26H22F3NaO3. The zero-order valence-electron chi connectivity index (χ0n) is 19.3. The largest absolute Gasteiger partial charge is 1.00 e. The van der Waals surface area contributed by atoms with Crippen molar-refractivity contribution in [3.05, 3.63) is 89.5 Å². The number of alkyl halides is 3. The van der Waals surface area contributed by atoms with Crippen LogP contribution in [0.15, 0.2) is 72.8 Å². The predicted octanol–water partition coefficient (Wildman–Crippen LogP) is 3.65. The molecule has 0 bridgehead atoms. The number of halogens is 3. The molecule has 0 aliphatic rings. The second kappa shape index (κ2) is 11.9. The van der Waals surface area contributed by atoms with Crippen LogP contribution in [0.2, 0.25) is 0 Å². The van der Waals surface area contributed by atoms with Crippen LogP contribution < -0.4 is 34.3 Å². The van der Waals surface area contributed by atoms with Crippen molar-refractivity contribution in [1.82, 2.24) is 0 Å². The quantitative estimate of drug-likeness (QED) is 0.431. The Kier molecular flexibility index (Phi) is 9.60. The molecule has 0 saturated carbocycles. The van der Waals surface area contributed by atoms with Gasteiger partial charge in [-0.25, -0.2) is 0 Å². The van der Waals surface area contributed by atoms with E-state index in [4.69, 9.17) is 9.84 Å². The Labute approximate surface area is 214 Å². The van der Waals surface area contributed by atoms with Crippen LogP contribution in [0.3, 0.4) is 0 Å². The molecular weight excluding hydrogens is 440 g/mol. The van der Waals surface area contributed by atoms with Crippen molar-refractivity contribution in [1.29, 1.82) is 0 Å². The van der Waals surface area contributed by atoms with Crippen LogP contribution in [0.25, 0.3) is 11.1 Å². The first-order chi connectivity index (χ1) is 15.3. The molecule has 3 nitrogen and oxygen atoms in total. The summed E-state index contributed by atoms with van der Waals surface area (Å²) in [5, 5.41) is 9.05. The first kappa shape index (κ1) is 26.5. The van der Waals surface area contributed by atoms with Gasteiger partial charge in [-0.3, -0.25) is 4.79 Å². The first-order valence-corrected chi connectivity index (χ1v) is 9.89. The van der Waals surface area contributed by atoms with Gasteiger partial charge < -0.3 is 11.3 Å². The summed E-state index contributed by atoms with van der Waals surface area (Å²) >= 11 is 0. The third-order valence-corrected chi connectivity index (χ3v) is 4.86. The van der Waals surface area contributed by atoms with E-state index in [-0.39, 0.29) is 49.9 Å². The van der Waals surface area contributed by atoms with Crippen molar-refractivity contribution in [2.45, 2.75) is 32.0 Å². The molecule has 3 aromatic rings. The van der Waals surface area contributed by atoms with Gasteiger partial charge in [-0.05, 0) is 59.5 Å². The number of benzene rings is 3. The van der Waals surface area contributed by atoms with Crippen molar-refractivity contribution in [2.24, 2.45) is 0 Å². The molecule has 0 radical (unpaired) electrons. The Hall–Kier alpha value is -2.72. The van der Waals surface area contributed by atoms with E-state index in [9.17, 15) is 18.0 Å². The first-order valence-electron chi connectivity index (χ1n) is 9.89. The average Bonchev–Trinajstić information content (AvgIpc) is 2.77. The SMILES string of the molecule is CC#CC(CC(=O)O)c1ccc(OCc2cccc(-c3ccc(C(F)(F)F)cc3)c2)cc1.[H-].[Na+]. The smallest absolute Gasteiger partial charge is 1.00 e. The molecule has 0 spiro atoms. The monoisotopic (exact) mass is 462 g/mol. The van der Waals surface area contributed by atoms with Gasteiger partial charge in [0.05, 0.1) is 17.9 Å². The summed E-state index contributed by atoms with van der Waals surface area (Å²) in [7, 11) is 0. The zero-order valence-corrected chi connectivity index (χ0v) is 20.3. The molecule has 0 aromatic heterocycles. The summed E-state index contributed by atoms with van der Waals surface area (Å²) in [6.07, 6.45) is -4.43. The molecule has 7 heteroatoms. The topological polar surface area (TPSA) is 46.5 Å². The average molecular weight is 462 g/mol. The second-order valence-corrected chi connectivity index (χ2v) is 7.18. The van der Waals surface area contributed by atoms with Gasteiger partial charge in [-0.15, -0.1) is 5.92 Å². The molecule has 1 atom stereocenters. The molecule has 0 heterocycles. The van der Waals surface area contributed by atoms with E-state index in [1.165, 1.54) is 12.1 Å². The van der Waals surface area contributed by atoms with E-state index in [0.717, 1.165) is 28.8 Å². The third-order valence-electron chi connectivity index (χ3n) is 4.86. The minimum atomic E-state index is -4.36. The van der Waals surface area contributed by atoms with Crippen LogP contribution in [-0.4, -0.2) is 11.1 Å². The van der Waals surface area contributed by atoms with Gasteiger partial charge in [0.2, 0.25) is 0 Å². The number of aliphatic carboxylic acids is 1. The summed E-state index contributed by atoms with van der Waals surface area (Å²) in [5.41, 5.74) is 2.47. The van der Waals surface area contributed by atoms with Gasteiger partial charge >= 0.3 is 41.7 Å². The molecule has 0 aliphatic carbocycles. The second-order valence-electron chi connectivity index (χ2n) is 7.18. The minimum Gasteiger partial charge on any atom is -1.00 e. The van der Waals surface area contributed by atoms with Crippen LogP contribution in [0.1, 0.15) is 37.4 Å². The van der Waals surface area contributed by atoms with Crippen LogP contribution in [0.4, 0.5) is 13.2 Å². The number of hydrogen-bond donors (Lipinski definition) is 1. The Morgan fingerprint density at radius 3 is 2.27 bits per heavy atom. The maximum absolute atomic E-state index is 12.8. The standard InChI is InChI=1S/C26H21F3O3.Na.H/c1-2-4-21(16-25(30)31)20-9-13-24(14-10-20)32-17-18-5-3-6-22(15-18)19-7-11-23(12-8-19)26(27,28)29;;/h3,5-15,21H,16-17H2,1H3,(H,30,31);;/q;+1;-1. The normalized spacial score (nSPS) is 11.5. The number of carboxylic acid groups (broad SMARTS) is 1. The summed E-state index contributed by atoms with van der Waals surface area (Å²) in [6.45, 7) is 1.95. The molecule has 0 fully saturated rings. The Morgan fingerprint density at radius 2 is 1.70 bits per heavy atom. The van der Waals surface area contributed by atoms with Crippen LogP contribution in [0, 0.1) is 11.8 Å². The molecule has 3 rings (SSSR count). The number of carboxylic acids is 1. The maximum Gasteiger partial charge on any atom is 1.00 e. The van der Waals surface area contributed by atoms with Crippen molar-refractivity contribution in [3.63, 3.8) is 0 Å². The molecule has 1 N–H and O–H groups in total. The fraction of sp³-hybridized carbons (Fsp3) is 0.192. The van der Waals surface area contributed by atoms with E-state index in [0.29, 0.717) is 11.3 Å². The van der Waals surface area contributed by atoms with E-state index >= 15 is 0 Å². The Morgan fingerprint density at radius 1 is 1.03 bits per heavy atom. The van der Waals surface area contributed by atoms with Gasteiger partial charge in [-0.2, -0.15) is 13.2 Å². The Balaban J connectivity index is 0.00000289. The van der Waals surface area contributed by atoms with E-state index in [1.807, 2.05) is 24.3 Å². The van der Waals surface area contributed by atoms with Gasteiger partial charge in [0, 0.05) is 0 Å². The summed E-state index contributed by atoms with van der Waals surface area (Å²) in [5.74, 6) is 4.99. The van der Waals surface area contributed by atoms with Gasteiger partial charge in [-0.1, -0.05) is 48.4 Å².